The molecule has 1 aromatic carbocycles. The summed E-state index contributed by atoms with van der Waals surface area (Å²) in [6.45, 7) is 5.22. The number of carbonyl (C=O) groups is 5. The molecule has 0 radical (unpaired) electrons. The number of rotatable bonds is 12. The fraction of sp³-hybridized carbons (Fsp3) is 0.542. The van der Waals surface area contributed by atoms with Crippen LogP contribution in [0.2, 0.25) is 0 Å². The third kappa shape index (κ3) is 8.64. The molecular weight excluding hydrogens is 510 g/mol. The summed E-state index contributed by atoms with van der Waals surface area (Å²) in [6, 6.07) is 7.37. The topological polar surface area (TPSA) is 144 Å². The summed E-state index contributed by atoms with van der Waals surface area (Å²) in [6.07, 6.45) is -5.63. The Labute approximate surface area is 218 Å². The van der Waals surface area contributed by atoms with E-state index in [-0.39, 0.29) is 6.73 Å². The zero-order valence-corrected chi connectivity index (χ0v) is 22.3. The first-order valence-electron chi connectivity index (χ1n) is 11.3. The van der Waals surface area contributed by atoms with E-state index in [4.69, 9.17) is 28.4 Å². The van der Waals surface area contributed by atoms with Gasteiger partial charge in [-0.15, -0.1) is 0 Å². The molecule has 13 heteroatoms. The number of para-hydroxylation sites is 1. The SMILES string of the molecule is COCN1c2ccccc2S[C@@H]1[C@@H](OC(C)=O)[C@@H](OC(C)=O)[C@H](OC(C)=O)[C@H](COC(C)=O)OC(C)=O. The average Bonchev–Trinajstić information content (AvgIpc) is 3.15. The molecule has 0 fully saturated rings. The molecule has 0 spiro atoms. The summed E-state index contributed by atoms with van der Waals surface area (Å²) in [5, 5.41) is -0.713. The van der Waals surface area contributed by atoms with Crippen LogP contribution >= 0.6 is 11.8 Å². The zero-order chi connectivity index (χ0) is 27.7. The van der Waals surface area contributed by atoms with E-state index in [1.165, 1.54) is 25.8 Å². The third-order valence-electron chi connectivity index (χ3n) is 4.97. The lowest BCUT2D eigenvalue weighted by atomic mass is 10.0. The second kappa shape index (κ2) is 13.8. The number of ether oxygens (including phenoxy) is 6. The Morgan fingerprint density at radius 3 is 1.92 bits per heavy atom. The van der Waals surface area contributed by atoms with Gasteiger partial charge in [-0.25, -0.2) is 0 Å². The van der Waals surface area contributed by atoms with Crippen molar-refractivity contribution < 1.29 is 52.4 Å². The molecule has 0 N–H and O–H groups in total. The highest BCUT2D eigenvalue weighted by Crippen LogP contribution is 2.46. The summed E-state index contributed by atoms with van der Waals surface area (Å²) >= 11 is 1.31. The van der Waals surface area contributed by atoms with E-state index in [2.05, 4.69) is 0 Å². The number of hydrogen-bond donors (Lipinski definition) is 0. The third-order valence-corrected chi connectivity index (χ3v) is 6.33. The Bertz CT molecular complexity index is 1000. The van der Waals surface area contributed by atoms with Gasteiger partial charge in [0.15, 0.2) is 24.4 Å². The highest BCUT2D eigenvalue weighted by atomic mass is 32.2. The molecule has 1 aliphatic heterocycles. The Morgan fingerprint density at radius 1 is 0.811 bits per heavy atom. The summed E-state index contributed by atoms with van der Waals surface area (Å²) < 4.78 is 32.4. The fourth-order valence-corrected chi connectivity index (χ4v) is 5.17. The molecule has 12 nitrogen and oxygen atoms in total. The normalized spacial score (nSPS) is 17.5. The fourth-order valence-electron chi connectivity index (χ4n) is 3.80. The molecule has 204 valence electrons. The molecule has 1 heterocycles. The van der Waals surface area contributed by atoms with E-state index >= 15 is 0 Å². The first kappa shape index (κ1) is 29.9. The van der Waals surface area contributed by atoms with E-state index in [0.717, 1.165) is 38.3 Å². The van der Waals surface area contributed by atoms with E-state index in [0.29, 0.717) is 0 Å². The van der Waals surface area contributed by atoms with E-state index in [1.807, 2.05) is 24.3 Å². The van der Waals surface area contributed by atoms with Crippen molar-refractivity contribution >= 4 is 47.3 Å². The first-order valence-corrected chi connectivity index (χ1v) is 12.2. The number of nitrogens with zero attached hydrogens (tertiary/aromatic N) is 1. The first-order chi connectivity index (χ1) is 17.4. The molecule has 0 unspecified atom stereocenters. The van der Waals surface area contributed by atoms with Crippen molar-refractivity contribution in [1.82, 2.24) is 0 Å². The number of methoxy groups -OCH3 is 1. The monoisotopic (exact) mass is 541 g/mol. The van der Waals surface area contributed by atoms with Gasteiger partial charge in [-0.2, -0.15) is 0 Å². The van der Waals surface area contributed by atoms with Crippen molar-refractivity contribution in [2.75, 3.05) is 25.3 Å². The average molecular weight is 542 g/mol. The van der Waals surface area contributed by atoms with Crippen LogP contribution in [-0.4, -0.2) is 80.1 Å². The zero-order valence-electron chi connectivity index (χ0n) is 21.5. The van der Waals surface area contributed by atoms with Crippen molar-refractivity contribution in [3.8, 4) is 0 Å². The van der Waals surface area contributed by atoms with Crippen LogP contribution in [0.1, 0.15) is 34.6 Å². The van der Waals surface area contributed by atoms with Gasteiger partial charge in [-0.1, -0.05) is 23.9 Å². The van der Waals surface area contributed by atoms with E-state index in [9.17, 15) is 24.0 Å². The number of carbonyl (C=O) groups excluding carboxylic acids is 5. The van der Waals surface area contributed by atoms with Gasteiger partial charge in [-0.05, 0) is 12.1 Å². The molecule has 0 amide bonds. The maximum absolute atomic E-state index is 12.3. The molecule has 0 aromatic heterocycles. The van der Waals surface area contributed by atoms with Crippen LogP contribution in [0.25, 0.3) is 0 Å². The van der Waals surface area contributed by atoms with Gasteiger partial charge in [0.05, 0.1) is 5.69 Å². The van der Waals surface area contributed by atoms with Gasteiger partial charge in [0, 0.05) is 46.6 Å². The minimum atomic E-state index is -1.51. The maximum Gasteiger partial charge on any atom is 0.303 e. The molecule has 1 aromatic rings. The molecule has 2 rings (SSSR count). The van der Waals surface area contributed by atoms with Crippen LogP contribution in [0, 0.1) is 0 Å². The van der Waals surface area contributed by atoms with E-state index < -0.39 is 66.2 Å². The minimum absolute atomic E-state index is 0.0816. The summed E-state index contributed by atoms with van der Waals surface area (Å²) in [5.41, 5.74) is 0.776. The van der Waals surface area contributed by atoms with E-state index in [1.54, 1.807) is 4.90 Å². The van der Waals surface area contributed by atoms with Crippen molar-refractivity contribution in [1.29, 1.82) is 0 Å². The molecule has 0 bridgehead atoms. The van der Waals surface area contributed by atoms with Crippen LogP contribution in [0.5, 0.6) is 0 Å². The molecule has 37 heavy (non-hydrogen) atoms. The molecule has 0 saturated carbocycles. The number of benzene rings is 1. The van der Waals surface area contributed by atoms with Gasteiger partial charge in [0.1, 0.15) is 18.7 Å². The van der Waals surface area contributed by atoms with Gasteiger partial charge >= 0.3 is 29.8 Å². The second-order valence-corrected chi connectivity index (χ2v) is 9.19. The summed E-state index contributed by atoms with van der Waals surface area (Å²) in [7, 11) is 1.49. The van der Waals surface area contributed by atoms with Crippen molar-refractivity contribution in [3.63, 3.8) is 0 Å². The van der Waals surface area contributed by atoms with Crippen LogP contribution in [0.4, 0.5) is 5.69 Å². The van der Waals surface area contributed by atoms with Crippen LogP contribution in [0.15, 0.2) is 29.2 Å². The number of esters is 5. The predicted molar refractivity (Wildman–Crippen MR) is 129 cm³/mol. The smallest absolute Gasteiger partial charge is 0.303 e. The lowest BCUT2D eigenvalue weighted by molar-refractivity contribution is -0.202. The predicted octanol–water partition coefficient (Wildman–Crippen LogP) is 1.82. The largest absolute Gasteiger partial charge is 0.462 e. The number of fused-ring (bicyclic) bond motifs is 1. The standard InChI is InChI=1S/C24H31NO11S/c1-13(26)32-11-19(33-14(2)27)21(34-15(3)28)22(35-16(4)29)23(36-17(5)30)24-25(12-31-6)18-9-7-8-10-20(18)37-24/h7-10,19,21-24H,11-12H2,1-6H3/t19-,21+,22-,23-,24+/m0/s1. The number of anilines is 1. The van der Waals surface area contributed by atoms with Gasteiger partial charge in [-0.3, -0.25) is 24.0 Å². The number of hydrogen-bond acceptors (Lipinski definition) is 13. The van der Waals surface area contributed by atoms with Gasteiger partial charge in [0.25, 0.3) is 0 Å². The summed E-state index contributed by atoms with van der Waals surface area (Å²) in [5.74, 6) is -3.76. The van der Waals surface area contributed by atoms with Crippen molar-refractivity contribution in [2.24, 2.45) is 0 Å². The minimum Gasteiger partial charge on any atom is -0.462 e. The summed E-state index contributed by atoms with van der Waals surface area (Å²) in [4.78, 5) is 62.7. The molecular formula is C24H31NO11S. The second-order valence-electron chi connectivity index (χ2n) is 8.04. The Balaban J connectivity index is 2.63. The highest BCUT2D eigenvalue weighted by Gasteiger charge is 2.50. The molecule has 0 saturated heterocycles. The molecule has 5 atom stereocenters. The Morgan fingerprint density at radius 2 is 1.38 bits per heavy atom. The van der Waals surface area contributed by atoms with Gasteiger partial charge < -0.3 is 33.3 Å². The number of thioether (sulfide) groups is 1. The van der Waals surface area contributed by atoms with Crippen molar-refractivity contribution in [3.05, 3.63) is 24.3 Å². The maximum atomic E-state index is 12.3. The van der Waals surface area contributed by atoms with Gasteiger partial charge in [0.2, 0.25) is 0 Å². The van der Waals surface area contributed by atoms with Crippen molar-refractivity contribution in [2.45, 2.75) is 69.3 Å². The molecule has 0 aliphatic carbocycles. The van der Waals surface area contributed by atoms with Crippen LogP contribution < -0.4 is 4.90 Å². The lowest BCUT2D eigenvalue weighted by Gasteiger charge is -2.39. The van der Waals surface area contributed by atoms with Crippen LogP contribution in [-0.2, 0) is 52.4 Å². The Hall–Kier alpha value is -3.32. The quantitative estimate of drug-likeness (QED) is 0.280. The highest BCUT2D eigenvalue weighted by molar-refractivity contribution is 8.00. The molecule has 1 aliphatic rings. The Kier molecular flexibility index (Phi) is 11.2. The van der Waals surface area contributed by atoms with Crippen LogP contribution in [0.3, 0.4) is 0 Å². The lowest BCUT2D eigenvalue weighted by Crippen LogP contribution is -2.58.